The van der Waals surface area contributed by atoms with Crippen LogP contribution in [0.1, 0.15) is 28.4 Å². The van der Waals surface area contributed by atoms with Crippen LogP contribution in [0.15, 0.2) is 42.5 Å². The molecule has 2 aromatic rings. The smallest absolute Gasteiger partial charge is 0.251 e. The maximum Gasteiger partial charge on any atom is 0.251 e. The molecule has 0 spiro atoms. The summed E-state index contributed by atoms with van der Waals surface area (Å²) in [5.41, 5.74) is 2.95. The number of aryl methyl sites for hydroxylation is 2. The summed E-state index contributed by atoms with van der Waals surface area (Å²) in [6.07, 6.45) is 0. The number of ether oxygens (including phenoxy) is 2. The van der Waals surface area contributed by atoms with Gasteiger partial charge >= 0.3 is 0 Å². The molecule has 0 aliphatic rings. The SMILES string of the molecule is CCNC(=O)c1cccc(OCCOc2cc(C)cc(C)c2)c1. The summed E-state index contributed by atoms with van der Waals surface area (Å²) in [6, 6.07) is 13.3. The lowest BCUT2D eigenvalue weighted by Crippen LogP contribution is -2.22. The standard InChI is InChI=1S/C19H23NO3/c1-4-20-19(21)16-6-5-7-17(13-16)22-8-9-23-18-11-14(2)10-15(3)12-18/h5-7,10-13H,4,8-9H2,1-3H3,(H,20,21). The van der Waals surface area contributed by atoms with Crippen LogP contribution in [0.4, 0.5) is 0 Å². The molecule has 4 nitrogen and oxygen atoms in total. The molecule has 1 amide bonds. The summed E-state index contributed by atoms with van der Waals surface area (Å²) < 4.78 is 11.4. The minimum absolute atomic E-state index is 0.0931. The van der Waals surface area contributed by atoms with Gasteiger partial charge in [-0.25, -0.2) is 0 Å². The summed E-state index contributed by atoms with van der Waals surface area (Å²) in [5, 5.41) is 2.77. The van der Waals surface area contributed by atoms with Crippen molar-refractivity contribution in [3.05, 3.63) is 59.2 Å². The van der Waals surface area contributed by atoms with Gasteiger partial charge in [-0.05, 0) is 62.2 Å². The van der Waals surface area contributed by atoms with E-state index in [4.69, 9.17) is 9.47 Å². The van der Waals surface area contributed by atoms with E-state index in [2.05, 4.69) is 11.4 Å². The first-order valence-electron chi connectivity index (χ1n) is 7.80. The summed E-state index contributed by atoms with van der Waals surface area (Å²) >= 11 is 0. The molecule has 2 aromatic carbocycles. The molecule has 0 fully saturated rings. The van der Waals surface area contributed by atoms with Gasteiger partial charge in [0, 0.05) is 12.1 Å². The van der Waals surface area contributed by atoms with Crippen LogP contribution in [0.3, 0.4) is 0 Å². The lowest BCUT2D eigenvalue weighted by atomic mass is 10.1. The van der Waals surface area contributed by atoms with Gasteiger partial charge in [0.25, 0.3) is 5.91 Å². The van der Waals surface area contributed by atoms with Crippen molar-refractivity contribution >= 4 is 5.91 Å². The molecule has 1 N–H and O–H groups in total. The highest BCUT2D eigenvalue weighted by Gasteiger charge is 2.05. The van der Waals surface area contributed by atoms with Crippen LogP contribution < -0.4 is 14.8 Å². The predicted octanol–water partition coefficient (Wildman–Crippen LogP) is 3.51. The van der Waals surface area contributed by atoms with Crippen LogP contribution in [0.25, 0.3) is 0 Å². The molecule has 0 saturated heterocycles. The van der Waals surface area contributed by atoms with E-state index in [-0.39, 0.29) is 5.91 Å². The molecule has 2 rings (SSSR count). The Morgan fingerprint density at radius 2 is 1.61 bits per heavy atom. The van der Waals surface area contributed by atoms with Gasteiger partial charge in [0.05, 0.1) is 0 Å². The number of nitrogens with one attached hydrogen (secondary N) is 1. The Labute approximate surface area is 137 Å². The molecule has 0 bridgehead atoms. The molecule has 0 atom stereocenters. The first kappa shape index (κ1) is 16.9. The van der Waals surface area contributed by atoms with E-state index in [9.17, 15) is 4.79 Å². The maximum atomic E-state index is 11.8. The second-order valence-corrected chi connectivity index (χ2v) is 5.41. The van der Waals surface area contributed by atoms with Crippen LogP contribution in [0.5, 0.6) is 11.5 Å². The Balaban J connectivity index is 1.84. The van der Waals surface area contributed by atoms with E-state index < -0.39 is 0 Å². The van der Waals surface area contributed by atoms with E-state index in [1.165, 1.54) is 11.1 Å². The maximum absolute atomic E-state index is 11.8. The third kappa shape index (κ3) is 5.33. The van der Waals surface area contributed by atoms with Gasteiger partial charge in [-0.15, -0.1) is 0 Å². The fraction of sp³-hybridized carbons (Fsp3) is 0.316. The van der Waals surface area contributed by atoms with Gasteiger partial charge < -0.3 is 14.8 Å². The van der Waals surface area contributed by atoms with Gasteiger partial charge in [0.1, 0.15) is 24.7 Å². The van der Waals surface area contributed by atoms with Crippen LogP contribution in [0, 0.1) is 13.8 Å². The predicted molar refractivity (Wildman–Crippen MR) is 91.4 cm³/mol. The zero-order valence-electron chi connectivity index (χ0n) is 13.9. The Kier molecular flexibility index (Phi) is 6.03. The Bertz CT molecular complexity index is 647. The topological polar surface area (TPSA) is 47.6 Å². The zero-order chi connectivity index (χ0) is 16.7. The molecular weight excluding hydrogens is 290 g/mol. The Morgan fingerprint density at radius 1 is 0.957 bits per heavy atom. The zero-order valence-corrected chi connectivity index (χ0v) is 13.9. The van der Waals surface area contributed by atoms with E-state index >= 15 is 0 Å². The van der Waals surface area contributed by atoms with E-state index in [1.54, 1.807) is 12.1 Å². The number of benzene rings is 2. The molecule has 0 aliphatic heterocycles. The van der Waals surface area contributed by atoms with E-state index in [0.717, 1.165) is 5.75 Å². The van der Waals surface area contributed by atoms with Gasteiger partial charge in [-0.3, -0.25) is 4.79 Å². The second-order valence-electron chi connectivity index (χ2n) is 5.41. The van der Waals surface area contributed by atoms with Crippen LogP contribution in [0.2, 0.25) is 0 Å². The molecule has 0 radical (unpaired) electrons. The minimum Gasteiger partial charge on any atom is -0.490 e. The molecule has 23 heavy (non-hydrogen) atoms. The summed E-state index contributed by atoms with van der Waals surface area (Å²) in [5.74, 6) is 1.42. The summed E-state index contributed by atoms with van der Waals surface area (Å²) in [6.45, 7) is 7.46. The molecule has 0 unspecified atom stereocenters. The Morgan fingerprint density at radius 3 is 2.26 bits per heavy atom. The number of hydrogen-bond donors (Lipinski definition) is 1. The van der Waals surface area contributed by atoms with Crippen LogP contribution >= 0.6 is 0 Å². The second kappa shape index (κ2) is 8.22. The van der Waals surface area contributed by atoms with Crippen molar-refractivity contribution in [3.63, 3.8) is 0 Å². The van der Waals surface area contributed by atoms with E-state index in [0.29, 0.717) is 31.1 Å². The molecule has 0 aromatic heterocycles. The molecule has 0 heterocycles. The van der Waals surface area contributed by atoms with Crippen molar-refractivity contribution in [3.8, 4) is 11.5 Å². The van der Waals surface area contributed by atoms with Gasteiger partial charge in [-0.1, -0.05) is 12.1 Å². The van der Waals surface area contributed by atoms with Crippen molar-refractivity contribution in [1.29, 1.82) is 0 Å². The monoisotopic (exact) mass is 313 g/mol. The Hall–Kier alpha value is -2.49. The third-order valence-corrected chi connectivity index (χ3v) is 3.25. The quantitative estimate of drug-likeness (QED) is 0.796. The van der Waals surface area contributed by atoms with Crippen molar-refractivity contribution in [2.24, 2.45) is 0 Å². The lowest BCUT2D eigenvalue weighted by Gasteiger charge is -2.10. The highest BCUT2D eigenvalue weighted by atomic mass is 16.5. The first-order chi connectivity index (χ1) is 11.1. The molecular formula is C19H23NO3. The molecule has 0 aliphatic carbocycles. The number of carbonyl (C=O) groups is 1. The van der Waals surface area contributed by atoms with Crippen molar-refractivity contribution in [2.45, 2.75) is 20.8 Å². The fourth-order valence-electron chi connectivity index (χ4n) is 2.33. The minimum atomic E-state index is -0.0931. The van der Waals surface area contributed by atoms with Crippen molar-refractivity contribution in [1.82, 2.24) is 5.32 Å². The van der Waals surface area contributed by atoms with Gasteiger partial charge in [-0.2, -0.15) is 0 Å². The largest absolute Gasteiger partial charge is 0.490 e. The first-order valence-corrected chi connectivity index (χ1v) is 7.80. The molecule has 122 valence electrons. The van der Waals surface area contributed by atoms with Gasteiger partial charge in [0.2, 0.25) is 0 Å². The van der Waals surface area contributed by atoms with Crippen molar-refractivity contribution in [2.75, 3.05) is 19.8 Å². The highest BCUT2D eigenvalue weighted by Crippen LogP contribution is 2.17. The average molecular weight is 313 g/mol. The fourth-order valence-corrected chi connectivity index (χ4v) is 2.33. The normalized spacial score (nSPS) is 10.2. The third-order valence-electron chi connectivity index (χ3n) is 3.25. The number of carbonyl (C=O) groups excluding carboxylic acids is 1. The lowest BCUT2D eigenvalue weighted by molar-refractivity contribution is 0.0955. The average Bonchev–Trinajstić information content (AvgIpc) is 2.51. The van der Waals surface area contributed by atoms with Crippen LogP contribution in [-0.2, 0) is 0 Å². The summed E-state index contributed by atoms with van der Waals surface area (Å²) in [7, 11) is 0. The highest BCUT2D eigenvalue weighted by molar-refractivity contribution is 5.94. The number of amides is 1. The van der Waals surface area contributed by atoms with Gasteiger partial charge in [0.15, 0.2) is 0 Å². The van der Waals surface area contributed by atoms with Crippen molar-refractivity contribution < 1.29 is 14.3 Å². The number of hydrogen-bond acceptors (Lipinski definition) is 3. The van der Waals surface area contributed by atoms with E-state index in [1.807, 2.05) is 45.0 Å². The molecule has 4 heteroatoms. The molecule has 0 saturated carbocycles. The summed E-state index contributed by atoms with van der Waals surface area (Å²) in [4.78, 5) is 11.8. The van der Waals surface area contributed by atoms with Crippen LogP contribution in [-0.4, -0.2) is 25.7 Å². The number of rotatable bonds is 7.